The van der Waals surface area contributed by atoms with Gasteiger partial charge in [0.15, 0.2) is 5.15 Å². The van der Waals surface area contributed by atoms with E-state index in [9.17, 15) is 0 Å². The summed E-state index contributed by atoms with van der Waals surface area (Å²) in [6.45, 7) is 2.74. The van der Waals surface area contributed by atoms with Crippen molar-refractivity contribution in [3.05, 3.63) is 39.6 Å². The fraction of sp³-hybridized carbons (Fsp3) is 0.200. The van der Waals surface area contributed by atoms with E-state index < -0.39 is 0 Å². The minimum Gasteiger partial charge on any atom is -0.377 e. The Hall–Kier alpha value is -1.13. The Balaban J connectivity index is 2.11. The van der Waals surface area contributed by atoms with Crippen molar-refractivity contribution < 1.29 is 0 Å². The van der Waals surface area contributed by atoms with Gasteiger partial charge in [-0.2, -0.15) is 0 Å². The van der Waals surface area contributed by atoms with Crippen LogP contribution in [0.25, 0.3) is 0 Å². The topological polar surface area (TPSA) is 37.8 Å². The van der Waals surface area contributed by atoms with Crippen LogP contribution < -0.4 is 5.32 Å². The predicted octanol–water partition coefficient (Wildman–Crippen LogP) is 3.11. The van der Waals surface area contributed by atoms with E-state index in [0.29, 0.717) is 5.15 Å². The van der Waals surface area contributed by atoms with Gasteiger partial charge in [0.2, 0.25) is 0 Å². The monoisotopic (exact) mass is 239 g/mol. The summed E-state index contributed by atoms with van der Waals surface area (Å²) in [5.74, 6) is 0. The minimum absolute atomic E-state index is 0.513. The molecule has 0 saturated carbocycles. The van der Waals surface area contributed by atoms with Crippen LogP contribution in [0.1, 0.15) is 10.4 Å². The molecule has 0 aliphatic rings. The van der Waals surface area contributed by atoms with Gasteiger partial charge in [-0.15, -0.1) is 11.3 Å². The number of nitrogens with zero attached hydrogens (tertiary/aromatic N) is 2. The molecule has 0 fully saturated rings. The summed E-state index contributed by atoms with van der Waals surface area (Å²) >= 11 is 7.60. The van der Waals surface area contributed by atoms with E-state index in [0.717, 1.165) is 17.8 Å². The van der Waals surface area contributed by atoms with Gasteiger partial charge in [0.1, 0.15) is 0 Å². The highest BCUT2D eigenvalue weighted by Gasteiger charge is 2.04. The van der Waals surface area contributed by atoms with Crippen LogP contribution in [-0.2, 0) is 6.54 Å². The van der Waals surface area contributed by atoms with Gasteiger partial charge in [0.25, 0.3) is 0 Å². The van der Waals surface area contributed by atoms with Crippen molar-refractivity contribution in [3.8, 4) is 0 Å². The SMILES string of the molecule is Cc1ccnc(Cl)c1NCc1cncs1. The number of hydrogen-bond donors (Lipinski definition) is 1. The molecule has 3 nitrogen and oxygen atoms in total. The second-order valence-electron chi connectivity index (χ2n) is 3.11. The normalized spacial score (nSPS) is 10.3. The third-order valence-electron chi connectivity index (χ3n) is 2.04. The lowest BCUT2D eigenvalue weighted by Gasteiger charge is -2.08. The van der Waals surface area contributed by atoms with Crippen LogP contribution in [0.5, 0.6) is 0 Å². The van der Waals surface area contributed by atoms with Gasteiger partial charge < -0.3 is 5.32 Å². The molecular weight excluding hydrogens is 230 g/mol. The molecule has 2 aromatic heterocycles. The number of pyridine rings is 1. The zero-order chi connectivity index (χ0) is 10.7. The number of rotatable bonds is 3. The van der Waals surface area contributed by atoms with Crippen LogP contribution in [0.4, 0.5) is 5.69 Å². The lowest BCUT2D eigenvalue weighted by molar-refractivity contribution is 1.14. The summed E-state index contributed by atoms with van der Waals surface area (Å²) in [4.78, 5) is 9.22. The standard InChI is InChI=1S/C10H10ClN3S/c1-7-2-3-13-10(11)9(7)14-5-8-4-12-6-15-8/h2-4,6,14H,5H2,1H3. The number of halogens is 1. The van der Waals surface area contributed by atoms with E-state index in [1.165, 1.54) is 4.88 Å². The number of thiazole rings is 1. The molecule has 2 rings (SSSR count). The quantitative estimate of drug-likeness (QED) is 0.837. The van der Waals surface area contributed by atoms with Crippen LogP contribution in [0.2, 0.25) is 5.15 Å². The Morgan fingerprint density at radius 2 is 2.40 bits per heavy atom. The maximum absolute atomic E-state index is 5.98. The lowest BCUT2D eigenvalue weighted by Crippen LogP contribution is -2.01. The summed E-state index contributed by atoms with van der Waals surface area (Å²) < 4.78 is 0. The molecule has 5 heteroatoms. The summed E-state index contributed by atoms with van der Waals surface area (Å²) in [7, 11) is 0. The van der Waals surface area contributed by atoms with Crippen LogP contribution in [0, 0.1) is 6.92 Å². The largest absolute Gasteiger partial charge is 0.377 e. The summed E-state index contributed by atoms with van der Waals surface area (Å²) in [6.07, 6.45) is 3.55. The highest BCUT2D eigenvalue weighted by Crippen LogP contribution is 2.23. The first-order valence-corrected chi connectivity index (χ1v) is 5.75. The molecule has 0 radical (unpaired) electrons. The van der Waals surface area contributed by atoms with Gasteiger partial charge >= 0.3 is 0 Å². The van der Waals surface area contributed by atoms with Gasteiger partial charge in [-0.05, 0) is 18.6 Å². The molecule has 2 aromatic rings. The zero-order valence-corrected chi connectivity index (χ0v) is 9.77. The lowest BCUT2D eigenvalue weighted by atomic mass is 10.2. The Kier molecular flexibility index (Phi) is 3.18. The molecule has 0 spiro atoms. The van der Waals surface area contributed by atoms with Gasteiger partial charge in [-0.3, -0.25) is 4.98 Å². The third-order valence-corrected chi connectivity index (χ3v) is 3.10. The van der Waals surface area contributed by atoms with Crippen molar-refractivity contribution in [2.24, 2.45) is 0 Å². The molecule has 0 aliphatic carbocycles. The van der Waals surface area contributed by atoms with Crippen molar-refractivity contribution in [2.45, 2.75) is 13.5 Å². The van der Waals surface area contributed by atoms with E-state index in [1.54, 1.807) is 17.5 Å². The first kappa shape index (κ1) is 10.4. The van der Waals surface area contributed by atoms with Gasteiger partial charge in [-0.1, -0.05) is 11.6 Å². The zero-order valence-electron chi connectivity index (χ0n) is 8.20. The first-order valence-electron chi connectivity index (χ1n) is 4.49. The summed E-state index contributed by atoms with van der Waals surface area (Å²) in [5.41, 5.74) is 3.81. The molecule has 78 valence electrons. The molecule has 2 heterocycles. The Morgan fingerprint density at radius 3 is 3.07 bits per heavy atom. The molecule has 0 amide bonds. The maximum Gasteiger partial charge on any atom is 0.152 e. The minimum atomic E-state index is 0.513. The highest BCUT2D eigenvalue weighted by atomic mass is 35.5. The van der Waals surface area contributed by atoms with Crippen LogP contribution in [0.3, 0.4) is 0 Å². The third kappa shape index (κ3) is 2.46. The van der Waals surface area contributed by atoms with Crippen LogP contribution in [-0.4, -0.2) is 9.97 Å². The van der Waals surface area contributed by atoms with Gasteiger partial charge in [0.05, 0.1) is 17.7 Å². The molecule has 0 unspecified atom stereocenters. The van der Waals surface area contributed by atoms with Crippen LogP contribution in [0.15, 0.2) is 24.0 Å². The van der Waals surface area contributed by atoms with E-state index in [-0.39, 0.29) is 0 Å². The smallest absolute Gasteiger partial charge is 0.152 e. The Bertz CT molecular complexity index is 422. The van der Waals surface area contributed by atoms with Crippen LogP contribution >= 0.6 is 22.9 Å². The molecule has 0 bridgehead atoms. The van der Waals surface area contributed by atoms with Crippen molar-refractivity contribution in [1.82, 2.24) is 9.97 Å². The molecule has 0 aromatic carbocycles. The number of hydrogen-bond acceptors (Lipinski definition) is 4. The van der Waals surface area contributed by atoms with Crippen molar-refractivity contribution in [2.75, 3.05) is 5.32 Å². The fourth-order valence-corrected chi connectivity index (χ4v) is 2.05. The number of aryl methyl sites for hydroxylation is 1. The van der Waals surface area contributed by atoms with Gasteiger partial charge in [0, 0.05) is 17.3 Å². The number of nitrogens with one attached hydrogen (secondary N) is 1. The van der Waals surface area contributed by atoms with Crippen molar-refractivity contribution in [1.29, 1.82) is 0 Å². The molecule has 15 heavy (non-hydrogen) atoms. The second-order valence-corrected chi connectivity index (χ2v) is 4.44. The summed E-state index contributed by atoms with van der Waals surface area (Å²) in [6, 6.07) is 1.93. The Morgan fingerprint density at radius 1 is 1.53 bits per heavy atom. The van der Waals surface area contributed by atoms with E-state index in [2.05, 4.69) is 15.3 Å². The average Bonchev–Trinajstić information content (AvgIpc) is 2.70. The average molecular weight is 240 g/mol. The molecule has 0 atom stereocenters. The Labute approximate surface area is 97.2 Å². The molecular formula is C10H10ClN3S. The van der Waals surface area contributed by atoms with E-state index in [1.807, 2.05) is 24.7 Å². The number of aromatic nitrogens is 2. The maximum atomic E-state index is 5.98. The fourth-order valence-electron chi connectivity index (χ4n) is 1.24. The summed E-state index contributed by atoms with van der Waals surface area (Å²) in [5, 5.41) is 3.77. The van der Waals surface area contributed by atoms with E-state index >= 15 is 0 Å². The highest BCUT2D eigenvalue weighted by molar-refractivity contribution is 7.09. The predicted molar refractivity (Wildman–Crippen MR) is 63.4 cm³/mol. The molecule has 0 saturated heterocycles. The first-order chi connectivity index (χ1) is 7.27. The van der Waals surface area contributed by atoms with Crippen molar-refractivity contribution in [3.63, 3.8) is 0 Å². The van der Waals surface area contributed by atoms with E-state index in [4.69, 9.17) is 11.6 Å². The van der Waals surface area contributed by atoms with Crippen molar-refractivity contribution >= 4 is 28.6 Å². The van der Waals surface area contributed by atoms with Gasteiger partial charge in [-0.25, -0.2) is 4.98 Å². The second kappa shape index (κ2) is 4.59. The number of anilines is 1. The molecule has 1 N–H and O–H groups in total. The molecule has 0 aliphatic heterocycles.